The molecule has 0 N–H and O–H groups in total. The van der Waals surface area contributed by atoms with E-state index in [2.05, 4.69) is 0 Å². The van der Waals surface area contributed by atoms with Crippen molar-refractivity contribution in [1.82, 2.24) is 0 Å². The molecule has 0 radical (unpaired) electrons. The van der Waals surface area contributed by atoms with Crippen LogP contribution in [0.15, 0.2) is 0 Å². The molecule has 0 aliphatic heterocycles. The average molecular weight is 118 g/mol. The first-order valence-corrected chi connectivity index (χ1v) is 3.70. The van der Waals surface area contributed by atoms with Crippen molar-refractivity contribution in [2.75, 3.05) is 7.11 Å². The van der Waals surface area contributed by atoms with E-state index in [9.17, 15) is 0 Å². The molecule has 0 amide bonds. The molecule has 42 valence electrons. The summed E-state index contributed by atoms with van der Waals surface area (Å²) in [5.41, 5.74) is 0.935. The first-order valence-electron chi connectivity index (χ1n) is 2.72. The molecule has 0 aromatic carbocycles. The Kier molecular flexibility index (Phi) is 2.08. The molecule has 0 aromatic heterocycles. The SMILES string of the molecule is COPC1CCC1. The fourth-order valence-electron chi connectivity index (χ4n) is 0.693. The topological polar surface area (TPSA) is 9.23 Å². The summed E-state index contributed by atoms with van der Waals surface area (Å²) in [6.07, 6.45) is 4.25. The van der Waals surface area contributed by atoms with Crippen LogP contribution in [0.3, 0.4) is 0 Å². The van der Waals surface area contributed by atoms with Crippen LogP contribution in [-0.4, -0.2) is 12.8 Å². The second kappa shape index (κ2) is 2.64. The van der Waals surface area contributed by atoms with Gasteiger partial charge >= 0.3 is 0 Å². The highest BCUT2D eigenvalue weighted by Crippen LogP contribution is 2.35. The van der Waals surface area contributed by atoms with E-state index >= 15 is 0 Å². The lowest BCUT2D eigenvalue weighted by Crippen LogP contribution is -2.11. The molecule has 1 fully saturated rings. The fourth-order valence-corrected chi connectivity index (χ4v) is 1.67. The van der Waals surface area contributed by atoms with Gasteiger partial charge in [0.05, 0.1) is 0 Å². The van der Waals surface area contributed by atoms with E-state index in [0.29, 0.717) is 0 Å². The molecule has 0 saturated heterocycles. The average Bonchev–Trinajstić information content (AvgIpc) is 1.55. The zero-order valence-corrected chi connectivity index (χ0v) is 5.61. The summed E-state index contributed by atoms with van der Waals surface area (Å²) in [5, 5.41) is 0. The molecule has 0 aromatic rings. The molecule has 1 saturated carbocycles. The highest BCUT2D eigenvalue weighted by molar-refractivity contribution is 7.33. The largest absolute Gasteiger partial charge is 0.365 e. The summed E-state index contributed by atoms with van der Waals surface area (Å²) >= 11 is 0. The smallest absolute Gasteiger partial charge is 0.0394 e. The maximum Gasteiger partial charge on any atom is 0.0394 e. The summed E-state index contributed by atoms with van der Waals surface area (Å²) in [4.78, 5) is 0. The maximum absolute atomic E-state index is 4.97. The van der Waals surface area contributed by atoms with Crippen LogP contribution in [0.25, 0.3) is 0 Å². The Morgan fingerprint density at radius 1 is 1.57 bits per heavy atom. The van der Waals surface area contributed by atoms with Gasteiger partial charge in [0.15, 0.2) is 0 Å². The Bertz CT molecular complexity index is 52.0. The van der Waals surface area contributed by atoms with Gasteiger partial charge in [-0.2, -0.15) is 0 Å². The van der Waals surface area contributed by atoms with Crippen molar-refractivity contribution >= 4 is 8.81 Å². The molecule has 1 atom stereocenters. The Morgan fingerprint density at radius 3 is 2.43 bits per heavy atom. The second-order valence-corrected chi connectivity index (χ2v) is 3.41. The van der Waals surface area contributed by atoms with E-state index in [1.165, 1.54) is 19.3 Å². The summed E-state index contributed by atoms with van der Waals surface area (Å²) in [5.74, 6) is 0. The van der Waals surface area contributed by atoms with Gasteiger partial charge < -0.3 is 4.52 Å². The van der Waals surface area contributed by atoms with Crippen LogP contribution in [0, 0.1) is 0 Å². The van der Waals surface area contributed by atoms with Crippen LogP contribution in [0.1, 0.15) is 19.3 Å². The molecule has 1 nitrogen and oxygen atoms in total. The Labute approximate surface area is 46.3 Å². The molecule has 0 bridgehead atoms. The zero-order valence-electron chi connectivity index (χ0n) is 4.61. The lowest BCUT2D eigenvalue weighted by atomic mass is 10.00. The summed E-state index contributed by atoms with van der Waals surface area (Å²) in [7, 11) is 2.56. The molecule has 1 unspecified atom stereocenters. The maximum atomic E-state index is 4.97. The van der Waals surface area contributed by atoms with E-state index in [4.69, 9.17) is 4.52 Å². The number of hydrogen-bond acceptors (Lipinski definition) is 1. The molecule has 1 aliphatic carbocycles. The van der Waals surface area contributed by atoms with Gasteiger partial charge in [0.1, 0.15) is 0 Å². The van der Waals surface area contributed by atoms with E-state index in [0.717, 1.165) is 14.5 Å². The first kappa shape index (κ1) is 5.53. The molecule has 1 aliphatic rings. The second-order valence-electron chi connectivity index (χ2n) is 1.95. The normalized spacial score (nSPS) is 23.6. The summed E-state index contributed by atoms with van der Waals surface area (Å²) in [6.45, 7) is 0. The molecule has 7 heavy (non-hydrogen) atoms. The third-order valence-corrected chi connectivity index (χ3v) is 2.54. The molecule has 2 heteroatoms. The van der Waals surface area contributed by atoms with Crippen LogP contribution in [-0.2, 0) is 4.52 Å². The monoisotopic (exact) mass is 118 g/mol. The summed E-state index contributed by atoms with van der Waals surface area (Å²) < 4.78 is 4.97. The minimum Gasteiger partial charge on any atom is -0.365 e. The number of rotatable bonds is 2. The predicted molar refractivity (Wildman–Crippen MR) is 33.0 cm³/mol. The van der Waals surface area contributed by atoms with Gasteiger partial charge in [0.25, 0.3) is 0 Å². The van der Waals surface area contributed by atoms with Crippen molar-refractivity contribution in [3.63, 3.8) is 0 Å². The van der Waals surface area contributed by atoms with Crippen LogP contribution in [0.5, 0.6) is 0 Å². The van der Waals surface area contributed by atoms with Gasteiger partial charge in [-0.15, -0.1) is 0 Å². The fraction of sp³-hybridized carbons (Fsp3) is 1.00. The van der Waals surface area contributed by atoms with Gasteiger partial charge in [-0.25, -0.2) is 0 Å². The Balaban J connectivity index is 1.93. The quantitative estimate of drug-likeness (QED) is 0.502. The highest BCUT2D eigenvalue weighted by Gasteiger charge is 2.16. The third-order valence-electron chi connectivity index (χ3n) is 1.39. The van der Waals surface area contributed by atoms with E-state index in [-0.39, 0.29) is 0 Å². The van der Waals surface area contributed by atoms with Crippen LogP contribution < -0.4 is 0 Å². The lowest BCUT2D eigenvalue weighted by molar-refractivity contribution is 0.431. The van der Waals surface area contributed by atoms with E-state index in [1.54, 1.807) is 7.11 Å². The van der Waals surface area contributed by atoms with Gasteiger partial charge in [0, 0.05) is 21.6 Å². The molecular formula is C5H11OP. The zero-order chi connectivity index (χ0) is 5.11. The van der Waals surface area contributed by atoms with Crippen molar-refractivity contribution in [2.45, 2.75) is 24.9 Å². The van der Waals surface area contributed by atoms with Crippen molar-refractivity contribution in [2.24, 2.45) is 0 Å². The summed E-state index contributed by atoms with van der Waals surface area (Å²) in [6, 6.07) is 0. The minimum atomic E-state index is 0.775. The van der Waals surface area contributed by atoms with Gasteiger partial charge in [-0.3, -0.25) is 0 Å². The van der Waals surface area contributed by atoms with Crippen LogP contribution >= 0.6 is 8.81 Å². The van der Waals surface area contributed by atoms with Gasteiger partial charge in [0.2, 0.25) is 0 Å². The van der Waals surface area contributed by atoms with Crippen molar-refractivity contribution in [1.29, 1.82) is 0 Å². The van der Waals surface area contributed by atoms with Gasteiger partial charge in [-0.05, 0) is 12.8 Å². The lowest BCUT2D eigenvalue weighted by Gasteiger charge is -2.23. The van der Waals surface area contributed by atoms with Crippen LogP contribution in [0.2, 0.25) is 0 Å². The Morgan fingerprint density at radius 2 is 2.29 bits per heavy atom. The Hall–Kier alpha value is 0.390. The molecule has 0 spiro atoms. The third kappa shape index (κ3) is 1.40. The van der Waals surface area contributed by atoms with E-state index in [1.807, 2.05) is 0 Å². The van der Waals surface area contributed by atoms with E-state index < -0.39 is 0 Å². The minimum absolute atomic E-state index is 0.775. The van der Waals surface area contributed by atoms with Crippen molar-refractivity contribution in [3.05, 3.63) is 0 Å². The molecule has 0 heterocycles. The van der Waals surface area contributed by atoms with Crippen LogP contribution in [0.4, 0.5) is 0 Å². The molecular weight excluding hydrogens is 107 g/mol. The predicted octanol–water partition coefficient (Wildman–Crippen LogP) is 1.78. The number of hydrogen-bond donors (Lipinski definition) is 0. The van der Waals surface area contributed by atoms with Crippen molar-refractivity contribution in [3.8, 4) is 0 Å². The molecule has 1 rings (SSSR count). The first-order chi connectivity index (χ1) is 3.43. The standard InChI is InChI=1S/C5H11OP/c1-6-7-5-3-2-4-5/h5,7H,2-4H2,1H3. The highest BCUT2D eigenvalue weighted by atomic mass is 31.1. The van der Waals surface area contributed by atoms with Crippen molar-refractivity contribution < 1.29 is 4.52 Å². The van der Waals surface area contributed by atoms with Gasteiger partial charge in [-0.1, -0.05) is 6.42 Å².